The van der Waals surface area contributed by atoms with E-state index in [4.69, 9.17) is 0 Å². The van der Waals surface area contributed by atoms with E-state index < -0.39 is 0 Å². The lowest BCUT2D eigenvalue weighted by Gasteiger charge is -2.10. The van der Waals surface area contributed by atoms with E-state index in [9.17, 15) is 0 Å². The van der Waals surface area contributed by atoms with Crippen LogP contribution >= 0.6 is 0 Å². The molecule has 3 nitrogen and oxygen atoms in total. The predicted octanol–water partition coefficient (Wildman–Crippen LogP) is 6.91. The highest BCUT2D eigenvalue weighted by Crippen LogP contribution is 2.33. The monoisotopic (exact) mass is 397 g/mol. The maximum Gasteiger partial charge on any atom is 0.116 e. The quantitative estimate of drug-likeness (QED) is 0.325. The lowest BCUT2D eigenvalue weighted by molar-refractivity contribution is 1.16. The summed E-state index contributed by atoms with van der Waals surface area (Å²) in [5.41, 5.74) is 7.52. The molecule has 0 aliphatic rings. The van der Waals surface area contributed by atoms with Crippen molar-refractivity contribution in [2.75, 3.05) is 0 Å². The molecule has 6 aromatic rings. The molecule has 31 heavy (non-hydrogen) atoms. The summed E-state index contributed by atoms with van der Waals surface area (Å²) >= 11 is 0. The average molecular weight is 397 g/mol. The number of nitrogens with zero attached hydrogens (tertiary/aromatic N) is 3. The summed E-state index contributed by atoms with van der Waals surface area (Å²) in [6.45, 7) is 0. The maximum absolute atomic E-state index is 4.56. The summed E-state index contributed by atoms with van der Waals surface area (Å²) in [5.74, 6) is 0. The lowest BCUT2D eigenvalue weighted by Crippen LogP contribution is -1.95. The van der Waals surface area contributed by atoms with Crippen LogP contribution < -0.4 is 0 Å². The third kappa shape index (κ3) is 2.99. The SMILES string of the molecule is c1ccc(-c2cc(-c3cccc(-n4c5ccccc5c5ccccc54)c3)ncn2)cc1. The van der Waals surface area contributed by atoms with Crippen LogP contribution in [0.3, 0.4) is 0 Å². The van der Waals surface area contributed by atoms with Gasteiger partial charge < -0.3 is 4.57 Å². The van der Waals surface area contributed by atoms with Crippen LogP contribution in [0.4, 0.5) is 0 Å². The van der Waals surface area contributed by atoms with Gasteiger partial charge in [0.15, 0.2) is 0 Å². The second kappa shape index (κ2) is 7.22. The molecule has 0 bridgehead atoms. The largest absolute Gasteiger partial charge is 0.309 e. The molecule has 0 unspecified atom stereocenters. The maximum atomic E-state index is 4.56. The van der Waals surface area contributed by atoms with Crippen LogP contribution in [0.15, 0.2) is 116 Å². The molecule has 0 amide bonds. The molecule has 0 N–H and O–H groups in total. The first-order valence-corrected chi connectivity index (χ1v) is 10.3. The summed E-state index contributed by atoms with van der Waals surface area (Å²) in [4.78, 5) is 9.03. The molecule has 2 heterocycles. The molecule has 0 saturated heterocycles. The van der Waals surface area contributed by atoms with Crippen molar-refractivity contribution in [2.24, 2.45) is 0 Å². The Bertz CT molecular complexity index is 1480. The average Bonchev–Trinajstić information content (AvgIpc) is 3.19. The second-order valence-corrected chi connectivity index (χ2v) is 7.57. The van der Waals surface area contributed by atoms with Gasteiger partial charge in [-0.2, -0.15) is 0 Å². The molecule has 0 aliphatic heterocycles. The third-order valence-electron chi connectivity index (χ3n) is 5.72. The van der Waals surface area contributed by atoms with Gasteiger partial charge in [-0.05, 0) is 30.3 Å². The van der Waals surface area contributed by atoms with Gasteiger partial charge in [-0.3, -0.25) is 0 Å². The molecule has 4 aromatic carbocycles. The van der Waals surface area contributed by atoms with Gasteiger partial charge in [-0.1, -0.05) is 78.9 Å². The number of fused-ring (bicyclic) bond motifs is 3. The topological polar surface area (TPSA) is 30.7 Å². The predicted molar refractivity (Wildman–Crippen MR) is 127 cm³/mol. The van der Waals surface area contributed by atoms with E-state index in [-0.39, 0.29) is 0 Å². The molecule has 0 atom stereocenters. The van der Waals surface area contributed by atoms with Gasteiger partial charge in [0.25, 0.3) is 0 Å². The lowest BCUT2D eigenvalue weighted by atomic mass is 10.1. The van der Waals surface area contributed by atoms with Crippen molar-refractivity contribution >= 4 is 21.8 Å². The van der Waals surface area contributed by atoms with E-state index >= 15 is 0 Å². The fourth-order valence-electron chi connectivity index (χ4n) is 4.29. The summed E-state index contributed by atoms with van der Waals surface area (Å²) in [6.07, 6.45) is 1.64. The van der Waals surface area contributed by atoms with Gasteiger partial charge in [-0.15, -0.1) is 0 Å². The summed E-state index contributed by atoms with van der Waals surface area (Å²) in [7, 11) is 0. The molecule has 0 radical (unpaired) electrons. The highest BCUT2D eigenvalue weighted by atomic mass is 15.0. The minimum atomic E-state index is 0.913. The first kappa shape index (κ1) is 17.6. The van der Waals surface area contributed by atoms with Crippen molar-refractivity contribution in [3.63, 3.8) is 0 Å². The molecule has 6 rings (SSSR count). The van der Waals surface area contributed by atoms with Gasteiger partial charge in [-0.25, -0.2) is 9.97 Å². The highest BCUT2D eigenvalue weighted by Gasteiger charge is 2.12. The molecule has 0 spiro atoms. The fourth-order valence-corrected chi connectivity index (χ4v) is 4.29. The van der Waals surface area contributed by atoms with E-state index in [0.717, 1.165) is 28.2 Å². The molecular weight excluding hydrogens is 378 g/mol. The zero-order chi connectivity index (χ0) is 20.6. The Kier molecular flexibility index (Phi) is 4.10. The molecule has 0 fully saturated rings. The summed E-state index contributed by atoms with van der Waals surface area (Å²) in [6, 6.07) is 38.0. The van der Waals surface area contributed by atoms with Crippen molar-refractivity contribution in [3.05, 3.63) is 116 Å². The number of aromatic nitrogens is 3. The van der Waals surface area contributed by atoms with Gasteiger partial charge in [0.1, 0.15) is 6.33 Å². The highest BCUT2D eigenvalue weighted by molar-refractivity contribution is 6.09. The van der Waals surface area contributed by atoms with Crippen LogP contribution in [-0.2, 0) is 0 Å². The molecule has 3 heteroatoms. The molecule has 2 aromatic heterocycles. The van der Waals surface area contributed by atoms with Crippen molar-refractivity contribution in [1.29, 1.82) is 0 Å². The molecule has 0 aliphatic carbocycles. The Morgan fingerprint density at radius 2 is 1.06 bits per heavy atom. The number of rotatable bonds is 3. The van der Waals surface area contributed by atoms with Crippen LogP contribution in [0.2, 0.25) is 0 Å². The van der Waals surface area contributed by atoms with E-state index in [1.807, 2.05) is 18.2 Å². The van der Waals surface area contributed by atoms with Crippen LogP contribution in [0.1, 0.15) is 0 Å². The van der Waals surface area contributed by atoms with Gasteiger partial charge >= 0.3 is 0 Å². The van der Waals surface area contributed by atoms with Crippen molar-refractivity contribution in [3.8, 4) is 28.2 Å². The first-order chi connectivity index (χ1) is 15.4. The van der Waals surface area contributed by atoms with Gasteiger partial charge in [0, 0.05) is 27.6 Å². The first-order valence-electron chi connectivity index (χ1n) is 10.3. The zero-order valence-electron chi connectivity index (χ0n) is 16.8. The van der Waals surface area contributed by atoms with E-state index in [2.05, 4.69) is 106 Å². The molecular formula is C28H19N3. The number of para-hydroxylation sites is 2. The standard InChI is InChI=1S/C28H19N3/c1-2-9-20(10-3-1)25-18-26(30-19-29-25)21-11-8-12-22(17-21)31-27-15-6-4-13-23(27)24-14-5-7-16-28(24)31/h1-19H. The van der Waals surface area contributed by atoms with Crippen LogP contribution in [0.5, 0.6) is 0 Å². The minimum Gasteiger partial charge on any atom is -0.309 e. The zero-order valence-corrected chi connectivity index (χ0v) is 16.8. The van der Waals surface area contributed by atoms with Crippen molar-refractivity contribution in [2.45, 2.75) is 0 Å². The smallest absolute Gasteiger partial charge is 0.116 e. The van der Waals surface area contributed by atoms with E-state index in [1.165, 1.54) is 21.8 Å². The van der Waals surface area contributed by atoms with Crippen molar-refractivity contribution < 1.29 is 0 Å². The Balaban J connectivity index is 1.53. The summed E-state index contributed by atoms with van der Waals surface area (Å²) in [5, 5.41) is 2.52. The van der Waals surface area contributed by atoms with Crippen molar-refractivity contribution in [1.82, 2.24) is 14.5 Å². The Morgan fingerprint density at radius 1 is 0.484 bits per heavy atom. The van der Waals surface area contributed by atoms with Crippen LogP contribution in [0, 0.1) is 0 Å². The van der Waals surface area contributed by atoms with Crippen LogP contribution in [0.25, 0.3) is 50.0 Å². The van der Waals surface area contributed by atoms with Gasteiger partial charge in [0.2, 0.25) is 0 Å². The number of hydrogen-bond acceptors (Lipinski definition) is 2. The summed E-state index contributed by atoms with van der Waals surface area (Å²) < 4.78 is 2.33. The molecule has 0 saturated carbocycles. The fraction of sp³-hybridized carbons (Fsp3) is 0. The van der Waals surface area contributed by atoms with E-state index in [0.29, 0.717) is 0 Å². The van der Waals surface area contributed by atoms with Gasteiger partial charge in [0.05, 0.1) is 22.4 Å². The number of hydrogen-bond donors (Lipinski definition) is 0. The Labute approximate surface area is 180 Å². The third-order valence-corrected chi connectivity index (χ3v) is 5.72. The normalized spacial score (nSPS) is 11.2. The Morgan fingerprint density at radius 3 is 1.77 bits per heavy atom. The minimum absolute atomic E-state index is 0.913. The number of benzene rings is 4. The Hall–Kier alpha value is -4.24. The molecule has 146 valence electrons. The van der Waals surface area contributed by atoms with E-state index in [1.54, 1.807) is 6.33 Å². The van der Waals surface area contributed by atoms with Crippen LogP contribution in [-0.4, -0.2) is 14.5 Å². The second-order valence-electron chi connectivity index (χ2n) is 7.57.